The van der Waals surface area contributed by atoms with E-state index in [2.05, 4.69) is 39.6 Å². The van der Waals surface area contributed by atoms with Crippen molar-refractivity contribution in [3.05, 3.63) is 0 Å². The van der Waals surface area contributed by atoms with Crippen LogP contribution in [0.4, 0.5) is 0 Å². The minimum absolute atomic E-state index is 0.0724. The lowest BCUT2D eigenvalue weighted by Crippen LogP contribution is -2.44. The van der Waals surface area contributed by atoms with Crippen LogP contribution in [0.5, 0.6) is 0 Å². The Bertz CT molecular complexity index is 132. The minimum Gasteiger partial charge on any atom is -0.394 e. The molecule has 1 N–H and O–H groups in total. The highest BCUT2D eigenvalue weighted by Gasteiger charge is 2.21. The van der Waals surface area contributed by atoms with Gasteiger partial charge in [0.15, 0.2) is 0 Å². The Morgan fingerprint density at radius 1 is 1.31 bits per heavy atom. The lowest BCUT2D eigenvalue weighted by atomic mass is 10.0. The summed E-state index contributed by atoms with van der Waals surface area (Å²) in [6, 6.07) is 0. The topological polar surface area (TPSA) is 23.5 Å². The Hall–Kier alpha value is -0.0800. The second kappa shape index (κ2) is 5.61. The van der Waals surface area contributed by atoms with Crippen molar-refractivity contribution in [2.75, 3.05) is 20.2 Å². The Morgan fingerprint density at radius 3 is 2.23 bits per heavy atom. The number of aliphatic hydroxyl groups excluding tert-OH is 1. The largest absolute Gasteiger partial charge is 0.394 e. The molecule has 0 atom stereocenters. The lowest BCUT2D eigenvalue weighted by molar-refractivity contribution is 0.0770. The molecule has 0 aliphatic carbocycles. The third-order valence-electron chi connectivity index (χ3n) is 2.70. The maximum absolute atomic E-state index is 9.13. The van der Waals surface area contributed by atoms with Crippen LogP contribution in [0.3, 0.4) is 0 Å². The van der Waals surface area contributed by atoms with E-state index >= 15 is 0 Å². The lowest BCUT2D eigenvalue weighted by Gasteiger charge is -2.34. The molecule has 0 amide bonds. The monoisotopic (exact) mass is 187 g/mol. The molecule has 0 aromatic rings. The van der Waals surface area contributed by atoms with Crippen molar-refractivity contribution < 1.29 is 5.11 Å². The normalized spacial score (nSPS) is 12.9. The zero-order chi connectivity index (χ0) is 10.5. The third kappa shape index (κ3) is 5.27. The average Bonchev–Trinajstić information content (AvgIpc) is 2.03. The quantitative estimate of drug-likeness (QED) is 0.688. The van der Waals surface area contributed by atoms with Crippen LogP contribution < -0.4 is 0 Å². The average molecular weight is 187 g/mol. The molecule has 0 rings (SSSR count). The van der Waals surface area contributed by atoms with Gasteiger partial charge in [0.1, 0.15) is 0 Å². The summed E-state index contributed by atoms with van der Waals surface area (Å²) in [7, 11) is 2.08. The smallest absolute Gasteiger partial charge is 0.0609 e. The molecule has 0 saturated carbocycles. The summed E-state index contributed by atoms with van der Waals surface area (Å²) in [4.78, 5) is 2.23. The fourth-order valence-electron chi connectivity index (χ4n) is 1.16. The van der Waals surface area contributed by atoms with Crippen molar-refractivity contribution in [2.45, 2.75) is 46.1 Å². The van der Waals surface area contributed by atoms with Gasteiger partial charge >= 0.3 is 0 Å². The van der Waals surface area contributed by atoms with E-state index in [1.165, 1.54) is 12.8 Å². The number of aliphatic hydroxyl groups is 1. The van der Waals surface area contributed by atoms with Crippen LogP contribution in [0.25, 0.3) is 0 Å². The number of rotatable bonds is 6. The zero-order valence-corrected chi connectivity index (χ0v) is 9.80. The van der Waals surface area contributed by atoms with Crippen LogP contribution in [-0.4, -0.2) is 35.7 Å². The van der Waals surface area contributed by atoms with Crippen LogP contribution in [0, 0.1) is 5.92 Å². The molecule has 0 unspecified atom stereocenters. The van der Waals surface area contributed by atoms with Gasteiger partial charge in [0.2, 0.25) is 0 Å². The molecule has 0 bridgehead atoms. The van der Waals surface area contributed by atoms with Gasteiger partial charge in [-0.25, -0.2) is 0 Å². The molecule has 13 heavy (non-hydrogen) atoms. The van der Waals surface area contributed by atoms with E-state index in [1.54, 1.807) is 0 Å². The van der Waals surface area contributed by atoms with Crippen LogP contribution in [0.1, 0.15) is 40.5 Å². The van der Waals surface area contributed by atoms with Gasteiger partial charge in [0.25, 0.3) is 0 Å². The summed E-state index contributed by atoms with van der Waals surface area (Å²) in [6.07, 6.45) is 2.49. The molecule has 0 aliphatic heterocycles. The van der Waals surface area contributed by atoms with Crippen LogP contribution in [-0.2, 0) is 0 Å². The second-order valence-electron chi connectivity index (χ2n) is 4.93. The van der Waals surface area contributed by atoms with Gasteiger partial charge in [-0.15, -0.1) is 0 Å². The predicted molar refractivity (Wildman–Crippen MR) is 57.9 cm³/mol. The van der Waals surface area contributed by atoms with Gasteiger partial charge in [-0.05, 0) is 46.2 Å². The van der Waals surface area contributed by atoms with E-state index in [4.69, 9.17) is 5.11 Å². The van der Waals surface area contributed by atoms with Crippen molar-refractivity contribution in [1.29, 1.82) is 0 Å². The molecule has 80 valence electrons. The maximum Gasteiger partial charge on any atom is 0.0609 e. The molecule has 0 aliphatic rings. The minimum atomic E-state index is -0.0724. The van der Waals surface area contributed by atoms with Crippen molar-refractivity contribution >= 4 is 0 Å². The molecule has 0 aromatic heterocycles. The van der Waals surface area contributed by atoms with E-state index in [9.17, 15) is 0 Å². The summed E-state index contributed by atoms with van der Waals surface area (Å²) in [5.41, 5.74) is -0.0724. The molecule has 0 aromatic carbocycles. The van der Waals surface area contributed by atoms with Crippen molar-refractivity contribution in [1.82, 2.24) is 4.90 Å². The van der Waals surface area contributed by atoms with Gasteiger partial charge in [-0.2, -0.15) is 0 Å². The fraction of sp³-hybridized carbons (Fsp3) is 1.00. The highest BCUT2D eigenvalue weighted by molar-refractivity contribution is 4.77. The summed E-state index contributed by atoms with van der Waals surface area (Å²) in [6.45, 7) is 9.94. The van der Waals surface area contributed by atoms with E-state index < -0.39 is 0 Å². The molecule has 0 fully saturated rings. The van der Waals surface area contributed by atoms with Gasteiger partial charge in [0, 0.05) is 5.54 Å². The van der Waals surface area contributed by atoms with E-state index in [0.717, 1.165) is 12.5 Å². The Balaban J connectivity index is 3.68. The summed E-state index contributed by atoms with van der Waals surface area (Å²) < 4.78 is 0. The van der Waals surface area contributed by atoms with Crippen molar-refractivity contribution in [3.63, 3.8) is 0 Å². The van der Waals surface area contributed by atoms with Crippen molar-refractivity contribution in [3.8, 4) is 0 Å². The Morgan fingerprint density at radius 2 is 1.85 bits per heavy atom. The van der Waals surface area contributed by atoms with Gasteiger partial charge < -0.3 is 5.11 Å². The highest BCUT2D eigenvalue weighted by atomic mass is 16.3. The number of likely N-dealkylation sites (N-methyl/N-ethyl adjacent to an activating group) is 1. The van der Waals surface area contributed by atoms with E-state index in [1.807, 2.05) is 0 Å². The maximum atomic E-state index is 9.13. The Kier molecular flexibility index (Phi) is 5.57. The van der Waals surface area contributed by atoms with E-state index in [-0.39, 0.29) is 12.1 Å². The van der Waals surface area contributed by atoms with Crippen LogP contribution >= 0.6 is 0 Å². The van der Waals surface area contributed by atoms with Gasteiger partial charge in [-0.1, -0.05) is 13.8 Å². The molecule has 0 heterocycles. The van der Waals surface area contributed by atoms with Crippen molar-refractivity contribution in [2.24, 2.45) is 5.92 Å². The molecule has 0 saturated heterocycles. The summed E-state index contributed by atoms with van der Waals surface area (Å²) in [5, 5.41) is 9.13. The molecular weight excluding hydrogens is 162 g/mol. The second-order valence-corrected chi connectivity index (χ2v) is 4.93. The fourth-order valence-corrected chi connectivity index (χ4v) is 1.16. The SMILES string of the molecule is CC(C)CCCN(C)C(C)(C)CO. The van der Waals surface area contributed by atoms with Gasteiger partial charge in [-0.3, -0.25) is 4.90 Å². The molecule has 2 heteroatoms. The molecular formula is C11H25NO. The van der Waals surface area contributed by atoms with Gasteiger partial charge in [0.05, 0.1) is 6.61 Å². The first-order valence-electron chi connectivity index (χ1n) is 5.22. The standard InChI is InChI=1S/C11H25NO/c1-10(2)7-6-8-12(5)11(3,4)9-13/h10,13H,6-9H2,1-5H3. The zero-order valence-electron chi connectivity index (χ0n) is 9.80. The van der Waals surface area contributed by atoms with Crippen LogP contribution in [0.15, 0.2) is 0 Å². The summed E-state index contributed by atoms with van der Waals surface area (Å²) >= 11 is 0. The predicted octanol–water partition coefficient (Wildman–Crippen LogP) is 2.13. The summed E-state index contributed by atoms with van der Waals surface area (Å²) in [5.74, 6) is 0.783. The highest BCUT2D eigenvalue weighted by Crippen LogP contribution is 2.13. The number of hydrogen-bond donors (Lipinski definition) is 1. The Labute approximate surface area is 82.9 Å². The number of nitrogens with zero attached hydrogens (tertiary/aromatic N) is 1. The molecule has 0 radical (unpaired) electrons. The first-order valence-corrected chi connectivity index (χ1v) is 5.22. The first-order chi connectivity index (χ1) is 5.90. The number of hydrogen-bond acceptors (Lipinski definition) is 2. The molecule has 2 nitrogen and oxygen atoms in total. The third-order valence-corrected chi connectivity index (χ3v) is 2.70. The first kappa shape index (κ1) is 12.9. The van der Waals surface area contributed by atoms with E-state index in [0.29, 0.717) is 0 Å². The van der Waals surface area contributed by atoms with Crippen LogP contribution in [0.2, 0.25) is 0 Å². The molecule has 0 spiro atoms.